The summed E-state index contributed by atoms with van der Waals surface area (Å²) in [5.74, 6) is -2.02. The molecule has 39 heavy (non-hydrogen) atoms. The lowest BCUT2D eigenvalue weighted by Crippen LogP contribution is -2.40. The highest BCUT2D eigenvalue weighted by molar-refractivity contribution is 5.93. The molecule has 1 atom stereocenters. The van der Waals surface area contributed by atoms with Crippen molar-refractivity contribution in [2.75, 3.05) is 6.54 Å². The molecular weight excluding hydrogens is 502 g/mol. The van der Waals surface area contributed by atoms with Gasteiger partial charge in [0.25, 0.3) is 5.91 Å². The first-order valence-electron chi connectivity index (χ1n) is 12.2. The van der Waals surface area contributed by atoms with Gasteiger partial charge in [-0.2, -0.15) is 5.10 Å². The quantitative estimate of drug-likeness (QED) is 0.313. The molecule has 0 saturated heterocycles. The Balaban J connectivity index is 1.44. The number of hydrogen-bond donors (Lipinski definition) is 1. The average Bonchev–Trinajstić information content (AvgIpc) is 3.59. The van der Waals surface area contributed by atoms with E-state index in [0.717, 1.165) is 45.8 Å². The number of carbonyl (C=O) groups is 1. The van der Waals surface area contributed by atoms with Crippen molar-refractivity contribution in [3.63, 3.8) is 0 Å². The number of carbonyl (C=O) groups excluding carboxylic acids is 1. The highest BCUT2D eigenvalue weighted by atomic mass is 19.1. The van der Waals surface area contributed by atoms with Crippen LogP contribution in [0.25, 0.3) is 22.6 Å². The fourth-order valence-electron chi connectivity index (χ4n) is 4.37. The van der Waals surface area contributed by atoms with Crippen LogP contribution in [0.5, 0.6) is 0 Å². The molecule has 0 aliphatic rings. The number of halogens is 2. The minimum atomic E-state index is -0.813. The second-order valence-corrected chi connectivity index (χ2v) is 9.66. The number of aromatic nitrogens is 5. The van der Waals surface area contributed by atoms with Crippen LogP contribution < -0.4 is 5.32 Å². The maximum Gasteiger partial charge on any atom is 0.273 e. The summed E-state index contributed by atoms with van der Waals surface area (Å²) in [5.41, 5.74) is 4.63. The minimum absolute atomic E-state index is 0.00472. The SMILES string of the molecule is Cc1cncc(-c2cccc(C(C)(CNC(=O)c3cc(-c4ccc(F)cc4F)on3)c3cnn(C)c3)n2)c1C. The fraction of sp³-hybridized carbons (Fsp3) is 0.207. The zero-order valence-electron chi connectivity index (χ0n) is 21.9. The predicted molar refractivity (Wildman–Crippen MR) is 141 cm³/mol. The van der Waals surface area contributed by atoms with Crippen molar-refractivity contribution < 1.29 is 18.1 Å². The van der Waals surface area contributed by atoms with Gasteiger partial charge in [-0.1, -0.05) is 11.2 Å². The van der Waals surface area contributed by atoms with Gasteiger partial charge >= 0.3 is 0 Å². The number of nitrogens with zero attached hydrogens (tertiary/aromatic N) is 5. The Kier molecular flexibility index (Phi) is 6.78. The smallest absolute Gasteiger partial charge is 0.273 e. The standard InChI is InChI=1S/C29H26F2N6O2/c1-17-12-32-14-22(18(17)2)24-6-5-7-27(35-24)29(3,19-13-34-37(4)15-19)16-33-28(38)25-11-26(39-36-25)21-9-8-20(30)10-23(21)31/h5-15H,16H2,1-4H3,(H,33,38). The first-order valence-corrected chi connectivity index (χ1v) is 12.2. The summed E-state index contributed by atoms with van der Waals surface area (Å²) in [6, 6.07) is 10.2. The first kappa shape index (κ1) is 25.9. The summed E-state index contributed by atoms with van der Waals surface area (Å²) in [7, 11) is 1.82. The van der Waals surface area contributed by atoms with Gasteiger partial charge in [-0.15, -0.1) is 0 Å². The Hall–Kier alpha value is -4.73. The summed E-state index contributed by atoms with van der Waals surface area (Å²) < 4.78 is 34.3. The third-order valence-electron chi connectivity index (χ3n) is 6.94. The molecular formula is C29H26F2N6O2. The normalized spacial score (nSPS) is 12.8. The topological polar surface area (TPSA) is 98.7 Å². The van der Waals surface area contributed by atoms with Crippen LogP contribution in [0.15, 0.2) is 71.8 Å². The fourth-order valence-corrected chi connectivity index (χ4v) is 4.37. The Morgan fingerprint density at radius 2 is 1.90 bits per heavy atom. The number of hydrogen-bond acceptors (Lipinski definition) is 6. The molecule has 5 rings (SSSR count). The Morgan fingerprint density at radius 1 is 1.08 bits per heavy atom. The van der Waals surface area contributed by atoms with Crippen molar-refractivity contribution in [1.29, 1.82) is 0 Å². The molecule has 4 aromatic heterocycles. The molecule has 0 aliphatic heterocycles. The van der Waals surface area contributed by atoms with Gasteiger partial charge in [0.1, 0.15) is 11.6 Å². The van der Waals surface area contributed by atoms with Gasteiger partial charge in [-0.05, 0) is 56.2 Å². The number of pyridine rings is 2. The van der Waals surface area contributed by atoms with Crippen LogP contribution in [0.3, 0.4) is 0 Å². The molecule has 4 heterocycles. The third-order valence-corrected chi connectivity index (χ3v) is 6.94. The summed E-state index contributed by atoms with van der Waals surface area (Å²) in [4.78, 5) is 22.4. The van der Waals surface area contributed by atoms with Gasteiger partial charge in [0.15, 0.2) is 11.5 Å². The molecule has 198 valence electrons. The number of aryl methyl sites for hydroxylation is 2. The molecule has 0 fully saturated rings. The maximum atomic E-state index is 14.2. The van der Waals surface area contributed by atoms with Gasteiger partial charge in [0.05, 0.1) is 28.6 Å². The Labute approximate surface area is 223 Å². The van der Waals surface area contributed by atoms with Crippen molar-refractivity contribution in [3.05, 3.63) is 107 Å². The molecule has 0 aliphatic carbocycles. The van der Waals surface area contributed by atoms with E-state index in [9.17, 15) is 13.6 Å². The van der Waals surface area contributed by atoms with Crippen LogP contribution in [0.1, 0.15) is 39.8 Å². The molecule has 1 unspecified atom stereocenters. The lowest BCUT2D eigenvalue weighted by Gasteiger charge is -2.29. The number of amides is 1. The first-order chi connectivity index (χ1) is 18.7. The maximum absolute atomic E-state index is 14.2. The highest BCUT2D eigenvalue weighted by Crippen LogP contribution is 2.32. The van der Waals surface area contributed by atoms with E-state index in [4.69, 9.17) is 9.51 Å². The lowest BCUT2D eigenvalue weighted by molar-refractivity contribution is 0.0938. The van der Waals surface area contributed by atoms with E-state index in [-0.39, 0.29) is 23.6 Å². The monoisotopic (exact) mass is 528 g/mol. The van der Waals surface area contributed by atoms with Crippen molar-refractivity contribution in [2.24, 2.45) is 7.05 Å². The summed E-state index contributed by atoms with van der Waals surface area (Å²) in [6.07, 6.45) is 7.23. The summed E-state index contributed by atoms with van der Waals surface area (Å²) >= 11 is 0. The molecule has 0 radical (unpaired) electrons. The zero-order chi connectivity index (χ0) is 27.7. The van der Waals surface area contributed by atoms with E-state index in [1.807, 2.05) is 58.4 Å². The Bertz CT molecular complexity index is 1680. The minimum Gasteiger partial charge on any atom is -0.355 e. The van der Waals surface area contributed by atoms with Gasteiger partial charge in [-0.3, -0.25) is 19.4 Å². The van der Waals surface area contributed by atoms with Crippen molar-refractivity contribution in [3.8, 4) is 22.6 Å². The molecule has 0 saturated carbocycles. The van der Waals surface area contributed by atoms with E-state index in [0.29, 0.717) is 0 Å². The van der Waals surface area contributed by atoms with Crippen LogP contribution in [-0.4, -0.2) is 37.4 Å². The lowest BCUT2D eigenvalue weighted by atomic mass is 9.80. The van der Waals surface area contributed by atoms with Crippen LogP contribution >= 0.6 is 0 Å². The predicted octanol–water partition coefficient (Wildman–Crippen LogP) is 5.16. The summed E-state index contributed by atoms with van der Waals surface area (Å²) in [5, 5.41) is 11.0. The molecule has 0 bridgehead atoms. The van der Waals surface area contributed by atoms with E-state index in [1.54, 1.807) is 17.1 Å². The van der Waals surface area contributed by atoms with E-state index in [1.165, 1.54) is 12.1 Å². The van der Waals surface area contributed by atoms with Gasteiger partial charge < -0.3 is 9.84 Å². The van der Waals surface area contributed by atoms with E-state index < -0.39 is 23.0 Å². The van der Waals surface area contributed by atoms with Crippen LogP contribution in [0.4, 0.5) is 8.78 Å². The number of nitrogens with one attached hydrogen (secondary N) is 1. The molecule has 0 spiro atoms. The Morgan fingerprint density at radius 3 is 2.64 bits per heavy atom. The van der Waals surface area contributed by atoms with Crippen molar-refractivity contribution in [2.45, 2.75) is 26.2 Å². The van der Waals surface area contributed by atoms with Crippen molar-refractivity contribution in [1.82, 2.24) is 30.2 Å². The average molecular weight is 529 g/mol. The molecule has 10 heteroatoms. The van der Waals surface area contributed by atoms with Crippen molar-refractivity contribution >= 4 is 5.91 Å². The van der Waals surface area contributed by atoms with E-state index in [2.05, 4.69) is 20.6 Å². The number of rotatable bonds is 7. The summed E-state index contributed by atoms with van der Waals surface area (Å²) in [6.45, 7) is 6.17. The second-order valence-electron chi connectivity index (χ2n) is 9.66. The van der Waals surface area contributed by atoms with Gasteiger partial charge in [0, 0.05) is 55.4 Å². The highest BCUT2D eigenvalue weighted by Gasteiger charge is 2.33. The molecule has 1 aromatic carbocycles. The van der Waals surface area contributed by atoms with Crippen LogP contribution in [-0.2, 0) is 12.5 Å². The van der Waals surface area contributed by atoms with E-state index >= 15 is 0 Å². The zero-order valence-corrected chi connectivity index (χ0v) is 21.9. The van der Waals surface area contributed by atoms with Gasteiger partial charge in [0.2, 0.25) is 0 Å². The molecule has 5 aromatic rings. The second kappa shape index (κ2) is 10.2. The number of benzene rings is 1. The van der Waals surface area contributed by atoms with Gasteiger partial charge in [-0.25, -0.2) is 8.78 Å². The molecule has 1 N–H and O–H groups in total. The third kappa shape index (κ3) is 5.05. The largest absolute Gasteiger partial charge is 0.355 e. The van der Waals surface area contributed by atoms with Crippen LogP contribution in [0, 0.1) is 25.5 Å². The van der Waals surface area contributed by atoms with Crippen LogP contribution in [0.2, 0.25) is 0 Å². The molecule has 8 nitrogen and oxygen atoms in total. The molecule has 1 amide bonds.